The third-order valence-corrected chi connectivity index (χ3v) is 4.89. The van der Waals surface area contributed by atoms with Crippen molar-refractivity contribution in [1.29, 1.82) is 0 Å². The van der Waals surface area contributed by atoms with Crippen molar-refractivity contribution in [2.45, 2.75) is 71.1 Å². The third kappa shape index (κ3) is 3.15. The predicted molar refractivity (Wildman–Crippen MR) is 75.0 cm³/mol. The average molecular weight is 249 g/mol. The molecule has 0 aliphatic heterocycles. The van der Waals surface area contributed by atoms with Crippen molar-refractivity contribution in [2.24, 2.45) is 17.6 Å². The van der Waals surface area contributed by atoms with Crippen LogP contribution in [-0.4, -0.2) is 5.91 Å². The lowest BCUT2D eigenvalue weighted by molar-refractivity contribution is -0.114. The summed E-state index contributed by atoms with van der Waals surface area (Å²) in [6.07, 6.45) is 13.1. The van der Waals surface area contributed by atoms with Gasteiger partial charge in [0.2, 0.25) is 5.91 Å². The Morgan fingerprint density at radius 2 is 1.22 bits per heavy atom. The van der Waals surface area contributed by atoms with Crippen molar-refractivity contribution in [1.82, 2.24) is 0 Å². The first-order valence-corrected chi connectivity index (χ1v) is 7.70. The van der Waals surface area contributed by atoms with Gasteiger partial charge >= 0.3 is 0 Å². The molecule has 0 bridgehead atoms. The second-order valence-corrected chi connectivity index (χ2v) is 6.11. The van der Waals surface area contributed by atoms with Gasteiger partial charge in [0.15, 0.2) is 0 Å². The summed E-state index contributed by atoms with van der Waals surface area (Å²) in [7, 11) is 0. The molecule has 0 aromatic rings. The van der Waals surface area contributed by atoms with E-state index in [1.54, 1.807) is 0 Å². The zero-order chi connectivity index (χ0) is 13.0. The predicted octanol–water partition coefficient (Wildman–Crippen LogP) is 3.95. The van der Waals surface area contributed by atoms with Crippen molar-refractivity contribution in [3.05, 3.63) is 11.1 Å². The van der Waals surface area contributed by atoms with Gasteiger partial charge in [0.1, 0.15) is 0 Å². The molecule has 0 aromatic carbocycles. The normalized spacial score (nSPS) is 22.7. The monoisotopic (exact) mass is 249 g/mol. The molecule has 2 N–H and O–H groups in total. The van der Waals surface area contributed by atoms with Gasteiger partial charge in [-0.05, 0) is 44.4 Å². The molecule has 2 aliphatic carbocycles. The highest BCUT2D eigenvalue weighted by molar-refractivity contribution is 5.92. The van der Waals surface area contributed by atoms with Gasteiger partial charge in [0.05, 0.1) is 0 Å². The fraction of sp³-hybridized carbons (Fsp3) is 0.812. The minimum absolute atomic E-state index is 0.193. The highest BCUT2D eigenvalue weighted by Gasteiger charge is 2.28. The Morgan fingerprint density at radius 3 is 1.56 bits per heavy atom. The molecule has 2 nitrogen and oxygen atoms in total. The topological polar surface area (TPSA) is 43.1 Å². The van der Waals surface area contributed by atoms with Crippen molar-refractivity contribution in [3.63, 3.8) is 0 Å². The standard InChI is InChI=1S/C16H27NO/c1-12(16(17)18)15(13-8-4-2-5-9-13)14-10-6-3-7-11-14/h13-14H,2-11H2,1H3,(H2,17,18). The van der Waals surface area contributed by atoms with E-state index >= 15 is 0 Å². The van der Waals surface area contributed by atoms with E-state index in [0.29, 0.717) is 11.8 Å². The number of carbonyl (C=O) groups is 1. The molecule has 0 atom stereocenters. The van der Waals surface area contributed by atoms with Gasteiger partial charge in [-0.1, -0.05) is 44.1 Å². The molecule has 2 aliphatic rings. The SMILES string of the molecule is CC(C(N)=O)=C(C1CCCCC1)C1CCCCC1. The second kappa shape index (κ2) is 6.40. The molecule has 0 unspecified atom stereocenters. The van der Waals surface area contributed by atoms with E-state index in [1.165, 1.54) is 69.8 Å². The number of amides is 1. The summed E-state index contributed by atoms with van der Waals surface area (Å²) in [5.74, 6) is 1.10. The van der Waals surface area contributed by atoms with Gasteiger partial charge in [-0.2, -0.15) is 0 Å². The quantitative estimate of drug-likeness (QED) is 0.756. The van der Waals surface area contributed by atoms with E-state index in [-0.39, 0.29) is 5.91 Å². The van der Waals surface area contributed by atoms with Crippen molar-refractivity contribution in [3.8, 4) is 0 Å². The Kier molecular flexibility index (Phi) is 4.85. The Morgan fingerprint density at radius 1 is 0.833 bits per heavy atom. The minimum atomic E-state index is -0.193. The van der Waals surface area contributed by atoms with Crippen LogP contribution in [0.3, 0.4) is 0 Å². The first kappa shape index (κ1) is 13.6. The van der Waals surface area contributed by atoms with Crippen LogP contribution in [0.1, 0.15) is 71.1 Å². The molecule has 0 aromatic heterocycles. The van der Waals surface area contributed by atoms with Crippen molar-refractivity contribution < 1.29 is 4.79 Å². The number of carbonyl (C=O) groups excluding carboxylic acids is 1. The van der Waals surface area contributed by atoms with Crippen LogP contribution in [0.5, 0.6) is 0 Å². The summed E-state index contributed by atoms with van der Waals surface area (Å²) in [5.41, 5.74) is 7.88. The summed E-state index contributed by atoms with van der Waals surface area (Å²) in [6, 6.07) is 0. The van der Waals surface area contributed by atoms with Crippen LogP contribution in [0.2, 0.25) is 0 Å². The highest BCUT2D eigenvalue weighted by Crippen LogP contribution is 2.40. The van der Waals surface area contributed by atoms with Gasteiger partial charge in [0, 0.05) is 5.57 Å². The Labute approximate surface area is 111 Å². The maximum absolute atomic E-state index is 11.6. The molecule has 102 valence electrons. The van der Waals surface area contributed by atoms with Gasteiger partial charge in [-0.25, -0.2) is 0 Å². The molecule has 0 radical (unpaired) electrons. The fourth-order valence-electron chi connectivity index (χ4n) is 3.92. The summed E-state index contributed by atoms with van der Waals surface area (Å²) >= 11 is 0. The van der Waals surface area contributed by atoms with E-state index in [4.69, 9.17) is 5.73 Å². The molecular weight excluding hydrogens is 222 g/mol. The molecule has 2 fully saturated rings. The lowest BCUT2D eigenvalue weighted by Crippen LogP contribution is -2.24. The zero-order valence-electron chi connectivity index (χ0n) is 11.7. The van der Waals surface area contributed by atoms with E-state index in [2.05, 4.69) is 0 Å². The lowest BCUT2D eigenvalue weighted by atomic mass is 9.72. The number of rotatable bonds is 3. The van der Waals surface area contributed by atoms with Gasteiger partial charge in [0.25, 0.3) is 0 Å². The molecule has 0 heterocycles. The van der Waals surface area contributed by atoms with Crippen LogP contribution in [-0.2, 0) is 4.79 Å². The summed E-state index contributed by atoms with van der Waals surface area (Å²) in [6.45, 7) is 1.96. The van der Waals surface area contributed by atoms with Crippen LogP contribution < -0.4 is 5.73 Å². The minimum Gasteiger partial charge on any atom is -0.366 e. The summed E-state index contributed by atoms with van der Waals surface area (Å²) in [4.78, 5) is 11.6. The molecule has 0 saturated heterocycles. The van der Waals surface area contributed by atoms with E-state index in [1.807, 2.05) is 6.92 Å². The number of nitrogens with two attached hydrogens (primary N) is 1. The van der Waals surface area contributed by atoms with Crippen LogP contribution in [0.15, 0.2) is 11.1 Å². The second-order valence-electron chi connectivity index (χ2n) is 6.11. The van der Waals surface area contributed by atoms with Crippen LogP contribution in [0.25, 0.3) is 0 Å². The van der Waals surface area contributed by atoms with E-state index in [0.717, 1.165) is 5.57 Å². The molecule has 2 saturated carbocycles. The molecule has 2 heteroatoms. The number of hydrogen-bond acceptors (Lipinski definition) is 1. The lowest BCUT2D eigenvalue weighted by Gasteiger charge is -2.33. The number of allylic oxidation sites excluding steroid dienone is 1. The first-order valence-electron chi connectivity index (χ1n) is 7.70. The molecular formula is C16H27NO. The molecule has 2 rings (SSSR count). The highest BCUT2D eigenvalue weighted by atomic mass is 16.1. The Hall–Kier alpha value is -0.790. The Balaban J connectivity index is 2.21. The van der Waals surface area contributed by atoms with Crippen molar-refractivity contribution >= 4 is 5.91 Å². The summed E-state index contributed by atoms with van der Waals surface area (Å²) in [5, 5.41) is 0. The maximum atomic E-state index is 11.6. The summed E-state index contributed by atoms with van der Waals surface area (Å²) < 4.78 is 0. The van der Waals surface area contributed by atoms with Gasteiger partial charge < -0.3 is 5.73 Å². The number of primary amides is 1. The van der Waals surface area contributed by atoms with E-state index < -0.39 is 0 Å². The smallest absolute Gasteiger partial charge is 0.244 e. The molecule has 1 amide bonds. The first-order chi connectivity index (χ1) is 8.70. The molecule has 0 spiro atoms. The number of hydrogen-bond donors (Lipinski definition) is 1. The van der Waals surface area contributed by atoms with Crippen LogP contribution in [0.4, 0.5) is 0 Å². The molecule has 18 heavy (non-hydrogen) atoms. The van der Waals surface area contributed by atoms with Gasteiger partial charge in [-0.3, -0.25) is 4.79 Å². The Bertz CT molecular complexity index is 300. The van der Waals surface area contributed by atoms with Crippen LogP contribution in [0, 0.1) is 11.8 Å². The largest absolute Gasteiger partial charge is 0.366 e. The van der Waals surface area contributed by atoms with E-state index in [9.17, 15) is 4.79 Å². The fourth-order valence-corrected chi connectivity index (χ4v) is 3.92. The van der Waals surface area contributed by atoms with Crippen LogP contribution >= 0.6 is 0 Å². The van der Waals surface area contributed by atoms with Crippen molar-refractivity contribution in [2.75, 3.05) is 0 Å². The average Bonchev–Trinajstić information content (AvgIpc) is 2.41. The third-order valence-electron chi connectivity index (χ3n) is 4.89. The van der Waals surface area contributed by atoms with Gasteiger partial charge in [-0.15, -0.1) is 0 Å². The maximum Gasteiger partial charge on any atom is 0.244 e. The zero-order valence-corrected chi connectivity index (χ0v) is 11.7.